The lowest BCUT2D eigenvalue weighted by molar-refractivity contribution is -0.162. The van der Waals surface area contributed by atoms with Gasteiger partial charge < -0.3 is 10.1 Å². The van der Waals surface area contributed by atoms with Crippen LogP contribution in [0.2, 0.25) is 5.02 Å². The second-order valence-electron chi connectivity index (χ2n) is 8.92. The summed E-state index contributed by atoms with van der Waals surface area (Å²) in [5, 5.41) is 3.79. The molecule has 0 atom stereocenters. The maximum atomic E-state index is 12.6. The van der Waals surface area contributed by atoms with Crippen molar-refractivity contribution in [2.24, 2.45) is 5.41 Å². The summed E-state index contributed by atoms with van der Waals surface area (Å²) in [6, 6.07) is 12.8. The number of carbonyl (C=O) groups excluding carboxylic acids is 2. The Balaban J connectivity index is 1.12. The van der Waals surface area contributed by atoms with Crippen LogP contribution in [0.3, 0.4) is 0 Å². The van der Waals surface area contributed by atoms with Crippen molar-refractivity contribution >= 4 is 34.3 Å². The fourth-order valence-electron chi connectivity index (χ4n) is 5.03. The van der Waals surface area contributed by atoms with Crippen molar-refractivity contribution in [2.75, 3.05) is 6.61 Å². The molecule has 1 amide bonds. The first kappa shape index (κ1) is 19.9. The van der Waals surface area contributed by atoms with E-state index < -0.39 is 0 Å². The molecule has 1 aromatic heterocycles. The first-order valence-electron chi connectivity index (χ1n) is 10.3. The van der Waals surface area contributed by atoms with Crippen LogP contribution in [-0.4, -0.2) is 33.8 Å². The first-order valence-corrected chi connectivity index (χ1v) is 10.7. The standard InChI is InChI=1S/C24H22ClN3O3/c1-15-8-17(6-7-18(15)25)31-11-16(29)9-23-12-24(13-23,14-23)28-22(30)21-10-26-19-4-2-3-5-20(19)27-21/h2-8,10H,9,11-14H2,1H3,(H,28,30). The Bertz CT molecular complexity index is 1190. The lowest BCUT2D eigenvalue weighted by Crippen LogP contribution is -2.75. The Hall–Kier alpha value is -2.99. The average Bonchev–Trinajstić information content (AvgIpc) is 2.71. The number of amides is 1. The Kier molecular flexibility index (Phi) is 4.70. The Labute approximate surface area is 185 Å². The molecule has 1 N–H and O–H groups in total. The van der Waals surface area contributed by atoms with Crippen molar-refractivity contribution in [1.29, 1.82) is 0 Å². The number of Topliss-reactive ketones (excluding diaryl/α,β-unsaturated/α-hetero) is 1. The minimum Gasteiger partial charge on any atom is -0.486 e. The van der Waals surface area contributed by atoms with Crippen LogP contribution in [0.4, 0.5) is 0 Å². The van der Waals surface area contributed by atoms with Crippen LogP contribution >= 0.6 is 11.6 Å². The molecular formula is C24H22ClN3O3. The van der Waals surface area contributed by atoms with Gasteiger partial charge in [0.1, 0.15) is 18.1 Å². The summed E-state index contributed by atoms with van der Waals surface area (Å²) < 4.78 is 5.62. The Morgan fingerprint density at radius 1 is 1.13 bits per heavy atom. The van der Waals surface area contributed by atoms with E-state index in [9.17, 15) is 9.59 Å². The molecular weight excluding hydrogens is 414 g/mol. The molecule has 2 aromatic carbocycles. The maximum Gasteiger partial charge on any atom is 0.271 e. The number of carbonyl (C=O) groups is 2. The molecule has 2 bridgehead atoms. The summed E-state index contributed by atoms with van der Waals surface area (Å²) in [5.74, 6) is 0.514. The molecule has 0 unspecified atom stereocenters. The molecule has 3 saturated carbocycles. The molecule has 3 aromatic rings. The van der Waals surface area contributed by atoms with Crippen LogP contribution in [0.25, 0.3) is 11.0 Å². The van der Waals surface area contributed by atoms with Gasteiger partial charge in [-0.1, -0.05) is 23.7 Å². The molecule has 0 spiro atoms. The van der Waals surface area contributed by atoms with Crippen LogP contribution in [0.15, 0.2) is 48.7 Å². The monoisotopic (exact) mass is 435 g/mol. The molecule has 158 valence electrons. The summed E-state index contributed by atoms with van der Waals surface area (Å²) in [7, 11) is 0. The number of aromatic nitrogens is 2. The van der Waals surface area contributed by atoms with Crippen molar-refractivity contribution < 1.29 is 14.3 Å². The minimum atomic E-state index is -0.209. The molecule has 0 aliphatic heterocycles. The Morgan fingerprint density at radius 2 is 1.87 bits per heavy atom. The number of rotatable bonds is 7. The molecule has 0 radical (unpaired) electrons. The average molecular weight is 436 g/mol. The molecule has 7 heteroatoms. The van der Waals surface area contributed by atoms with Gasteiger partial charge in [0.2, 0.25) is 0 Å². The van der Waals surface area contributed by atoms with Crippen LogP contribution in [-0.2, 0) is 4.79 Å². The van der Waals surface area contributed by atoms with E-state index >= 15 is 0 Å². The highest BCUT2D eigenvalue weighted by Crippen LogP contribution is 2.69. The van der Waals surface area contributed by atoms with E-state index in [-0.39, 0.29) is 29.3 Å². The van der Waals surface area contributed by atoms with Gasteiger partial charge in [-0.05, 0) is 67.5 Å². The zero-order valence-electron chi connectivity index (χ0n) is 17.2. The van der Waals surface area contributed by atoms with Gasteiger partial charge in [0, 0.05) is 17.0 Å². The topological polar surface area (TPSA) is 81.2 Å². The molecule has 6 rings (SSSR count). The highest BCUT2D eigenvalue weighted by molar-refractivity contribution is 6.31. The minimum absolute atomic E-state index is 0.00129. The third-order valence-corrected chi connectivity index (χ3v) is 6.73. The normalized spacial score (nSPS) is 23.5. The lowest BCUT2D eigenvalue weighted by atomic mass is 9.38. The van der Waals surface area contributed by atoms with E-state index in [1.807, 2.05) is 37.3 Å². The number of hydrogen-bond donors (Lipinski definition) is 1. The van der Waals surface area contributed by atoms with Gasteiger partial charge >= 0.3 is 0 Å². The summed E-state index contributed by atoms with van der Waals surface area (Å²) in [5.41, 5.74) is 2.49. The number of benzene rings is 2. The van der Waals surface area contributed by atoms with Gasteiger partial charge in [0.05, 0.1) is 17.2 Å². The van der Waals surface area contributed by atoms with E-state index in [0.717, 1.165) is 30.3 Å². The molecule has 1 heterocycles. The summed E-state index contributed by atoms with van der Waals surface area (Å²) in [6.45, 7) is 1.95. The third kappa shape index (κ3) is 3.76. The molecule has 6 nitrogen and oxygen atoms in total. The van der Waals surface area contributed by atoms with Crippen molar-refractivity contribution in [3.05, 3.63) is 64.9 Å². The van der Waals surface area contributed by atoms with Gasteiger partial charge in [0.15, 0.2) is 5.78 Å². The van der Waals surface area contributed by atoms with Crippen LogP contribution in [0.5, 0.6) is 5.75 Å². The van der Waals surface area contributed by atoms with Crippen molar-refractivity contribution in [1.82, 2.24) is 15.3 Å². The number of nitrogens with one attached hydrogen (secondary N) is 1. The molecule has 3 fully saturated rings. The predicted molar refractivity (Wildman–Crippen MR) is 117 cm³/mol. The Morgan fingerprint density at radius 3 is 2.61 bits per heavy atom. The number of para-hydroxylation sites is 2. The zero-order chi connectivity index (χ0) is 21.6. The number of ketones is 1. The number of aryl methyl sites for hydroxylation is 1. The van der Waals surface area contributed by atoms with Crippen LogP contribution in [0, 0.1) is 12.3 Å². The number of ether oxygens (including phenoxy) is 1. The maximum absolute atomic E-state index is 12.6. The van der Waals surface area contributed by atoms with E-state index in [2.05, 4.69) is 15.3 Å². The lowest BCUT2D eigenvalue weighted by Gasteiger charge is -2.70. The molecule has 3 aliphatic rings. The van der Waals surface area contributed by atoms with Crippen molar-refractivity contribution in [3.8, 4) is 5.75 Å². The number of nitrogens with zero attached hydrogens (tertiary/aromatic N) is 2. The zero-order valence-corrected chi connectivity index (χ0v) is 17.9. The highest BCUT2D eigenvalue weighted by atomic mass is 35.5. The van der Waals surface area contributed by atoms with Crippen molar-refractivity contribution in [3.63, 3.8) is 0 Å². The van der Waals surface area contributed by atoms with Gasteiger partial charge in [-0.2, -0.15) is 0 Å². The summed E-state index contributed by atoms with van der Waals surface area (Å²) in [6.07, 6.45) is 4.45. The number of fused-ring (bicyclic) bond motifs is 1. The SMILES string of the molecule is Cc1cc(OCC(=O)CC23CC(NC(=O)c4cnc5ccccc5n4)(C2)C3)ccc1Cl. The van der Waals surface area contributed by atoms with Crippen LogP contribution in [0.1, 0.15) is 41.7 Å². The van der Waals surface area contributed by atoms with Gasteiger partial charge in [-0.3, -0.25) is 14.6 Å². The van der Waals surface area contributed by atoms with Crippen LogP contribution < -0.4 is 10.1 Å². The predicted octanol–water partition coefficient (Wildman–Crippen LogP) is 4.28. The smallest absolute Gasteiger partial charge is 0.271 e. The summed E-state index contributed by atoms with van der Waals surface area (Å²) in [4.78, 5) is 33.8. The fraction of sp³-hybridized carbons (Fsp3) is 0.333. The largest absolute Gasteiger partial charge is 0.486 e. The van der Waals surface area contributed by atoms with E-state index in [0.29, 0.717) is 28.4 Å². The number of hydrogen-bond acceptors (Lipinski definition) is 5. The third-order valence-electron chi connectivity index (χ3n) is 6.30. The highest BCUT2D eigenvalue weighted by Gasteiger charge is 2.68. The first-order chi connectivity index (χ1) is 14.9. The second-order valence-corrected chi connectivity index (χ2v) is 9.33. The van der Waals surface area contributed by atoms with Gasteiger partial charge in [-0.15, -0.1) is 0 Å². The van der Waals surface area contributed by atoms with E-state index in [4.69, 9.17) is 16.3 Å². The van der Waals surface area contributed by atoms with E-state index in [1.54, 1.807) is 12.1 Å². The summed E-state index contributed by atoms with van der Waals surface area (Å²) >= 11 is 6.02. The van der Waals surface area contributed by atoms with Gasteiger partial charge in [-0.25, -0.2) is 4.98 Å². The fourth-order valence-corrected chi connectivity index (χ4v) is 5.15. The molecule has 0 saturated heterocycles. The van der Waals surface area contributed by atoms with Gasteiger partial charge in [0.25, 0.3) is 5.91 Å². The van der Waals surface area contributed by atoms with E-state index in [1.165, 1.54) is 6.20 Å². The molecule has 31 heavy (non-hydrogen) atoms. The van der Waals surface area contributed by atoms with Crippen molar-refractivity contribution in [2.45, 2.75) is 38.1 Å². The second kappa shape index (κ2) is 7.31. The number of halogens is 1. The quantitative estimate of drug-likeness (QED) is 0.599. The molecule has 3 aliphatic carbocycles.